The van der Waals surface area contributed by atoms with E-state index >= 15 is 0 Å². The summed E-state index contributed by atoms with van der Waals surface area (Å²) >= 11 is 0. The maximum Gasteiger partial charge on any atom is 0.303 e. The molecule has 0 aliphatic carbocycles. The molecule has 0 amide bonds. The SMILES string of the molecule is CC(=O)OC[C@@H]1O[C@H](Nc2cccc(C)c2)[C@H](OC(C)=O)[C@H](OC(C)=O)[C@@H]1OC(C)=O. The molecular formula is C21H27NO9. The van der Waals surface area contributed by atoms with Crippen molar-refractivity contribution in [2.45, 2.75) is 65.3 Å². The highest BCUT2D eigenvalue weighted by atomic mass is 16.7. The highest BCUT2D eigenvalue weighted by Gasteiger charge is 2.52. The maximum absolute atomic E-state index is 11.8. The molecule has 170 valence electrons. The van der Waals surface area contributed by atoms with Gasteiger partial charge >= 0.3 is 23.9 Å². The Labute approximate surface area is 180 Å². The highest BCUT2D eigenvalue weighted by Crippen LogP contribution is 2.30. The van der Waals surface area contributed by atoms with Gasteiger partial charge in [-0.2, -0.15) is 0 Å². The Hall–Kier alpha value is -3.14. The largest absolute Gasteiger partial charge is 0.463 e. The van der Waals surface area contributed by atoms with Gasteiger partial charge in [-0.1, -0.05) is 12.1 Å². The fourth-order valence-electron chi connectivity index (χ4n) is 3.24. The quantitative estimate of drug-likeness (QED) is 0.495. The molecule has 1 saturated heterocycles. The van der Waals surface area contributed by atoms with Gasteiger partial charge in [-0.05, 0) is 24.6 Å². The number of anilines is 1. The first-order valence-corrected chi connectivity index (χ1v) is 9.70. The lowest BCUT2D eigenvalue weighted by Gasteiger charge is -2.44. The Bertz CT molecular complexity index is 825. The van der Waals surface area contributed by atoms with E-state index in [1.807, 2.05) is 25.1 Å². The van der Waals surface area contributed by atoms with Gasteiger partial charge in [0.2, 0.25) is 0 Å². The van der Waals surface area contributed by atoms with Crippen molar-refractivity contribution < 1.29 is 42.9 Å². The second-order valence-electron chi connectivity index (χ2n) is 7.13. The predicted octanol–water partition coefficient (Wildman–Crippen LogP) is 1.49. The average Bonchev–Trinajstić information content (AvgIpc) is 2.64. The van der Waals surface area contributed by atoms with Crippen molar-refractivity contribution in [3.63, 3.8) is 0 Å². The number of esters is 4. The van der Waals surface area contributed by atoms with Crippen LogP contribution in [-0.2, 0) is 42.9 Å². The number of hydrogen-bond acceptors (Lipinski definition) is 10. The summed E-state index contributed by atoms with van der Waals surface area (Å²) in [5.41, 5.74) is 1.62. The molecule has 1 aromatic carbocycles. The van der Waals surface area contributed by atoms with Crippen LogP contribution in [0.2, 0.25) is 0 Å². The topological polar surface area (TPSA) is 126 Å². The monoisotopic (exact) mass is 437 g/mol. The molecule has 1 fully saturated rings. The average molecular weight is 437 g/mol. The zero-order valence-corrected chi connectivity index (χ0v) is 18.1. The summed E-state index contributed by atoms with van der Waals surface area (Å²) in [6.45, 7) is 6.39. The van der Waals surface area contributed by atoms with E-state index in [0.29, 0.717) is 5.69 Å². The fourth-order valence-corrected chi connectivity index (χ4v) is 3.24. The number of aryl methyl sites for hydroxylation is 1. The molecule has 1 heterocycles. The van der Waals surface area contributed by atoms with E-state index in [0.717, 1.165) is 5.56 Å². The van der Waals surface area contributed by atoms with Crippen LogP contribution in [0.25, 0.3) is 0 Å². The number of rotatable bonds is 7. The van der Waals surface area contributed by atoms with Gasteiger partial charge < -0.3 is 29.0 Å². The Balaban J connectivity index is 2.44. The zero-order valence-electron chi connectivity index (χ0n) is 18.1. The van der Waals surface area contributed by atoms with Gasteiger partial charge in [0.15, 0.2) is 24.5 Å². The second kappa shape index (κ2) is 10.8. The third-order valence-corrected chi connectivity index (χ3v) is 4.32. The van der Waals surface area contributed by atoms with Gasteiger partial charge in [0.05, 0.1) is 0 Å². The van der Waals surface area contributed by atoms with Crippen molar-refractivity contribution in [1.82, 2.24) is 0 Å². The molecule has 10 heteroatoms. The summed E-state index contributed by atoms with van der Waals surface area (Å²) in [7, 11) is 0. The van der Waals surface area contributed by atoms with E-state index in [9.17, 15) is 19.2 Å². The molecule has 1 aliphatic heterocycles. The van der Waals surface area contributed by atoms with Crippen LogP contribution in [0.15, 0.2) is 24.3 Å². The Morgan fingerprint density at radius 1 is 0.871 bits per heavy atom. The number of ether oxygens (including phenoxy) is 5. The zero-order chi connectivity index (χ0) is 23.1. The van der Waals surface area contributed by atoms with Crippen molar-refractivity contribution in [2.75, 3.05) is 11.9 Å². The van der Waals surface area contributed by atoms with Crippen LogP contribution in [0.3, 0.4) is 0 Å². The Morgan fingerprint density at radius 2 is 1.45 bits per heavy atom. The van der Waals surface area contributed by atoms with Gasteiger partial charge in [-0.3, -0.25) is 19.2 Å². The van der Waals surface area contributed by atoms with Gasteiger partial charge in [0, 0.05) is 33.4 Å². The predicted molar refractivity (Wildman–Crippen MR) is 107 cm³/mol. The number of carbonyl (C=O) groups is 4. The molecule has 10 nitrogen and oxygen atoms in total. The molecule has 2 rings (SSSR count). The first-order chi connectivity index (χ1) is 14.6. The fraction of sp³-hybridized carbons (Fsp3) is 0.524. The van der Waals surface area contributed by atoms with Crippen molar-refractivity contribution in [1.29, 1.82) is 0 Å². The minimum Gasteiger partial charge on any atom is -0.463 e. The standard InChI is InChI=1S/C21H27NO9/c1-11-7-6-8-16(9-11)22-21-20(30-15(5)26)19(29-14(4)25)18(28-13(3)24)17(31-21)10-27-12(2)23/h6-9,17-22H,10H2,1-5H3/t17-,18+,19+,20+,21-/m0/s1. The summed E-state index contributed by atoms with van der Waals surface area (Å²) in [4.78, 5) is 46.7. The lowest BCUT2D eigenvalue weighted by atomic mass is 9.97. The molecule has 1 aliphatic rings. The van der Waals surface area contributed by atoms with Crippen molar-refractivity contribution in [3.8, 4) is 0 Å². The highest BCUT2D eigenvalue weighted by molar-refractivity contribution is 5.69. The lowest BCUT2D eigenvalue weighted by molar-refractivity contribution is -0.247. The van der Waals surface area contributed by atoms with Crippen LogP contribution in [-0.4, -0.2) is 61.1 Å². The lowest BCUT2D eigenvalue weighted by Crippen LogP contribution is -2.64. The molecule has 5 atom stereocenters. The van der Waals surface area contributed by atoms with E-state index in [4.69, 9.17) is 23.7 Å². The Kier molecular flexibility index (Phi) is 8.38. The number of hydrogen-bond donors (Lipinski definition) is 1. The molecule has 0 radical (unpaired) electrons. The van der Waals surface area contributed by atoms with Crippen LogP contribution < -0.4 is 5.32 Å². The summed E-state index contributed by atoms with van der Waals surface area (Å²) in [5.74, 6) is -2.58. The van der Waals surface area contributed by atoms with Crippen LogP contribution in [0.4, 0.5) is 5.69 Å². The van der Waals surface area contributed by atoms with Gasteiger partial charge in [0.25, 0.3) is 0 Å². The smallest absolute Gasteiger partial charge is 0.303 e. The van der Waals surface area contributed by atoms with Crippen molar-refractivity contribution >= 4 is 29.6 Å². The van der Waals surface area contributed by atoms with Crippen LogP contribution >= 0.6 is 0 Å². The second-order valence-corrected chi connectivity index (χ2v) is 7.13. The normalized spacial score (nSPS) is 25.1. The summed E-state index contributed by atoms with van der Waals surface area (Å²) in [5, 5.41) is 3.10. The molecule has 0 aromatic heterocycles. The van der Waals surface area contributed by atoms with Crippen LogP contribution in [0, 0.1) is 6.92 Å². The molecule has 0 spiro atoms. The van der Waals surface area contributed by atoms with Gasteiger partial charge in [0.1, 0.15) is 12.7 Å². The summed E-state index contributed by atoms with van der Waals surface area (Å²) < 4.78 is 27.2. The minimum atomic E-state index is -1.21. The molecular weight excluding hydrogens is 410 g/mol. The molecule has 0 unspecified atom stereocenters. The van der Waals surface area contributed by atoms with E-state index < -0.39 is 54.5 Å². The number of benzene rings is 1. The number of carbonyl (C=O) groups excluding carboxylic acids is 4. The maximum atomic E-state index is 11.8. The van der Waals surface area contributed by atoms with E-state index in [1.54, 1.807) is 6.07 Å². The summed E-state index contributed by atoms with van der Waals surface area (Å²) in [6, 6.07) is 7.34. The third kappa shape index (κ3) is 7.25. The molecule has 0 saturated carbocycles. The van der Waals surface area contributed by atoms with E-state index in [1.165, 1.54) is 27.7 Å². The molecule has 1 N–H and O–H groups in total. The molecule has 0 bridgehead atoms. The first kappa shape index (κ1) is 24.1. The van der Waals surface area contributed by atoms with E-state index in [-0.39, 0.29) is 6.61 Å². The van der Waals surface area contributed by atoms with Crippen molar-refractivity contribution in [2.24, 2.45) is 0 Å². The molecule has 31 heavy (non-hydrogen) atoms. The van der Waals surface area contributed by atoms with E-state index in [2.05, 4.69) is 5.32 Å². The van der Waals surface area contributed by atoms with Crippen LogP contribution in [0.5, 0.6) is 0 Å². The van der Waals surface area contributed by atoms with Crippen molar-refractivity contribution in [3.05, 3.63) is 29.8 Å². The minimum absolute atomic E-state index is 0.274. The number of nitrogens with one attached hydrogen (secondary N) is 1. The van der Waals surface area contributed by atoms with Gasteiger partial charge in [-0.15, -0.1) is 0 Å². The Morgan fingerprint density at radius 3 is 2.00 bits per heavy atom. The van der Waals surface area contributed by atoms with Gasteiger partial charge in [-0.25, -0.2) is 0 Å². The molecule has 1 aromatic rings. The third-order valence-electron chi connectivity index (χ3n) is 4.32. The summed E-state index contributed by atoms with van der Waals surface area (Å²) in [6.07, 6.45) is -5.53. The van der Waals surface area contributed by atoms with Crippen LogP contribution in [0.1, 0.15) is 33.3 Å². The first-order valence-electron chi connectivity index (χ1n) is 9.70.